The molecule has 0 radical (unpaired) electrons. The van der Waals surface area contributed by atoms with Gasteiger partial charge in [-0.05, 0) is 20.3 Å². The number of halogens is 1. The average molecular weight is 371 g/mol. The van der Waals surface area contributed by atoms with Gasteiger partial charge in [0.2, 0.25) is 0 Å². The lowest BCUT2D eigenvalue weighted by Crippen LogP contribution is -2.43. The van der Waals surface area contributed by atoms with Crippen LogP contribution in [0.1, 0.15) is 46.5 Å². The van der Waals surface area contributed by atoms with Crippen molar-refractivity contribution in [2.75, 3.05) is 26.8 Å². The molecule has 0 fully saturated rings. The van der Waals surface area contributed by atoms with Crippen molar-refractivity contribution in [3.63, 3.8) is 0 Å². The Morgan fingerprint density at radius 1 is 1.28 bits per heavy atom. The standard InChI is InChI=1S/C13H29N3O.HI/c1-5-7-8-9-12(3)16-13(14-4)15-10-11-17-6-2;/h12H,5-11H2,1-4H3,(H2,14,15,16);1H. The summed E-state index contributed by atoms with van der Waals surface area (Å²) in [6, 6.07) is 0.472. The van der Waals surface area contributed by atoms with Gasteiger partial charge in [-0.1, -0.05) is 26.2 Å². The molecule has 0 aliphatic rings. The second kappa shape index (κ2) is 15.0. The van der Waals surface area contributed by atoms with Crippen LogP contribution in [0.15, 0.2) is 4.99 Å². The normalized spacial score (nSPS) is 12.8. The summed E-state index contributed by atoms with van der Waals surface area (Å²) >= 11 is 0. The first-order valence-electron chi connectivity index (χ1n) is 6.79. The lowest BCUT2D eigenvalue weighted by molar-refractivity contribution is 0.152. The van der Waals surface area contributed by atoms with E-state index < -0.39 is 0 Å². The van der Waals surface area contributed by atoms with Gasteiger partial charge in [-0.25, -0.2) is 0 Å². The van der Waals surface area contributed by atoms with Gasteiger partial charge < -0.3 is 15.4 Å². The number of nitrogens with zero attached hydrogens (tertiary/aromatic N) is 1. The summed E-state index contributed by atoms with van der Waals surface area (Å²) in [5.74, 6) is 0.869. The Morgan fingerprint density at radius 2 is 2.00 bits per heavy atom. The monoisotopic (exact) mass is 371 g/mol. The Balaban J connectivity index is 0. The predicted molar refractivity (Wildman–Crippen MR) is 90.0 cm³/mol. The van der Waals surface area contributed by atoms with Crippen LogP contribution in [0.3, 0.4) is 0 Å². The zero-order valence-corrected chi connectivity index (χ0v) is 14.6. The van der Waals surface area contributed by atoms with E-state index in [1.165, 1.54) is 25.7 Å². The number of nitrogens with one attached hydrogen (secondary N) is 2. The topological polar surface area (TPSA) is 45.7 Å². The molecule has 0 aliphatic carbocycles. The van der Waals surface area contributed by atoms with Crippen molar-refractivity contribution in [3.8, 4) is 0 Å². The molecule has 0 rings (SSSR count). The van der Waals surface area contributed by atoms with Crippen molar-refractivity contribution in [1.29, 1.82) is 0 Å². The van der Waals surface area contributed by atoms with Crippen LogP contribution in [-0.4, -0.2) is 38.8 Å². The van der Waals surface area contributed by atoms with Gasteiger partial charge in [0.25, 0.3) is 0 Å². The molecule has 18 heavy (non-hydrogen) atoms. The molecule has 0 aliphatic heterocycles. The second-order valence-corrected chi connectivity index (χ2v) is 4.24. The number of guanidine groups is 1. The summed E-state index contributed by atoms with van der Waals surface area (Å²) in [5.41, 5.74) is 0. The van der Waals surface area contributed by atoms with Crippen molar-refractivity contribution in [2.45, 2.75) is 52.5 Å². The zero-order valence-electron chi connectivity index (χ0n) is 12.3. The third-order valence-corrected chi connectivity index (χ3v) is 2.59. The molecule has 5 heteroatoms. The molecule has 0 spiro atoms. The van der Waals surface area contributed by atoms with Crippen molar-refractivity contribution in [3.05, 3.63) is 0 Å². The van der Waals surface area contributed by atoms with Gasteiger partial charge in [-0.2, -0.15) is 0 Å². The first kappa shape index (κ1) is 20.3. The van der Waals surface area contributed by atoms with Crippen LogP contribution in [0.5, 0.6) is 0 Å². The number of rotatable bonds is 9. The van der Waals surface area contributed by atoms with E-state index in [4.69, 9.17) is 4.74 Å². The van der Waals surface area contributed by atoms with Crippen LogP contribution in [0.2, 0.25) is 0 Å². The van der Waals surface area contributed by atoms with Crippen molar-refractivity contribution in [2.24, 2.45) is 4.99 Å². The smallest absolute Gasteiger partial charge is 0.191 e. The Bertz CT molecular complexity index is 201. The lowest BCUT2D eigenvalue weighted by atomic mass is 10.1. The van der Waals surface area contributed by atoms with Crippen LogP contribution in [-0.2, 0) is 4.74 Å². The van der Waals surface area contributed by atoms with E-state index in [0.29, 0.717) is 6.04 Å². The van der Waals surface area contributed by atoms with Gasteiger partial charge in [0.1, 0.15) is 0 Å². The second-order valence-electron chi connectivity index (χ2n) is 4.24. The Kier molecular flexibility index (Phi) is 16.9. The van der Waals surface area contributed by atoms with Gasteiger partial charge >= 0.3 is 0 Å². The minimum absolute atomic E-state index is 0. The maximum Gasteiger partial charge on any atom is 0.191 e. The summed E-state index contributed by atoms with van der Waals surface area (Å²) in [4.78, 5) is 4.19. The first-order valence-corrected chi connectivity index (χ1v) is 6.79. The Hall–Kier alpha value is -0.0400. The molecule has 0 aromatic carbocycles. The molecule has 1 atom stereocenters. The molecular weight excluding hydrogens is 341 g/mol. The van der Waals surface area contributed by atoms with Crippen molar-refractivity contribution >= 4 is 29.9 Å². The zero-order chi connectivity index (χ0) is 12.9. The third-order valence-electron chi connectivity index (χ3n) is 2.59. The van der Waals surface area contributed by atoms with Gasteiger partial charge in [-0.3, -0.25) is 4.99 Å². The van der Waals surface area contributed by atoms with Crippen LogP contribution in [0, 0.1) is 0 Å². The molecule has 4 nitrogen and oxygen atoms in total. The van der Waals surface area contributed by atoms with Crippen LogP contribution < -0.4 is 10.6 Å². The molecule has 0 heterocycles. The predicted octanol–water partition coefficient (Wildman–Crippen LogP) is 2.77. The number of ether oxygens (including phenoxy) is 1. The van der Waals surface area contributed by atoms with E-state index in [-0.39, 0.29) is 24.0 Å². The van der Waals surface area contributed by atoms with Crippen LogP contribution in [0.4, 0.5) is 0 Å². The number of aliphatic imine (C=N–C) groups is 1. The molecule has 0 bridgehead atoms. The summed E-state index contributed by atoms with van der Waals surface area (Å²) in [5, 5.41) is 6.63. The van der Waals surface area contributed by atoms with Crippen LogP contribution in [0.25, 0.3) is 0 Å². The molecule has 0 saturated carbocycles. The Morgan fingerprint density at radius 3 is 2.56 bits per heavy atom. The molecule has 2 N–H and O–H groups in total. The minimum Gasteiger partial charge on any atom is -0.380 e. The molecule has 1 unspecified atom stereocenters. The number of hydrogen-bond donors (Lipinski definition) is 2. The van der Waals surface area contributed by atoms with Gasteiger partial charge in [0, 0.05) is 26.2 Å². The molecule has 0 amide bonds. The number of unbranched alkanes of at least 4 members (excludes halogenated alkanes) is 2. The van der Waals surface area contributed by atoms with Crippen LogP contribution >= 0.6 is 24.0 Å². The highest BCUT2D eigenvalue weighted by atomic mass is 127. The fourth-order valence-corrected chi connectivity index (χ4v) is 1.59. The first-order chi connectivity index (χ1) is 8.24. The molecule has 0 saturated heterocycles. The molecule has 0 aromatic heterocycles. The van der Waals surface area contributed by atoms with Gasteiger partial charge in [0.05, 0.1) is 6.61 Å². The maximum atomic E-state index is 5.27. The van der Waals surface area contributed by atoms with E-state index in [1.54, 1.807) is 7.05 Å². The summed E-state index contributed by atoms with van der Waals surface area (Å²) < 4.78 is 5.27. The van der Waals surface area contributed by atoms with E-state index in [0.717, 1.165) is 25.7 Å². The van der Waals surface area contributed by atoms with E-state index in [2.05, 4.69) is 29.5 Å². The fourth-order valence-electron chi connectivity index (χ4n) is 1.59. The van der Waals surface area contributed by atoms with Gasteiger partial charge in [-0.15, -0.1) is 24.0 Å². The highest BCUT2D eigenvalue weighted by Crippen LogP contribution is 2.02. The molecule has 110 valence electrons. The third kappa shape index (κ3) is 12.4. The maximum absolute atomic E-state index is 5.27. The van der Waals surface area contributed by atoms with E-state index in [1.807, 2.05) is 6.92 Å². The molecular formula is C13H30IN3O. The average Bonchev–Trinajstić information content (AvgIpc) is 2.33. The highest BCUT2D eigenvalue weighted by Gasteiger charge is 2.03. The summed E-state index contributed by atoms with van der Waals surface area (Å²) in [6.45, 7) is 8.72. The summed E-state index contributed by atoms with van der Waals surface area (Å²) in [7, 11) is 1.80. The summed E-state index contributed by atoms with van der Waals surface area (Å²) in [6.07, 6.45) is 5.05. The Labute approximate surface area is 129 Å². The minimum atomic E-state index is 0. The lowest BCUT2D eigenvalue weighted by Gasteiger charge is -2.17. The quantitative estimate of drug-likeness (QED) is 0.284. The van der Waals surface area contributed by atoms with Crippen molar-refractivity contribution < 1.29 is 4.74 Å². The van der Waals surface area contributed by atoms with E-state index >= 15 is 0 Å². The fraction of sp³-hybridized carbons (Fsp3) is 0.923. The van der Waals surface area contributed by atoms with Gasteiger partial charge in [0.15, 0.2) is 5.96 Å². The van der Waals surface area contributed by atoms with Crippen molar-refractivity contribution in [1.82, 2.24) is 10.6 Å². The highest BCUT2D eigenvalue weighted by molar-refractivity contribution is 14.0. The molecule has 0 aromatic rings. The number of hydrogen-bond acceptors (Lipinski definition) is 2. The SMILES string of the molecule is CCCCCC(C)NC(=NC)NCCOCC.I. The largest absolute Gasteiger partial charge is 0.380 e. The van der Waals surface area contributed by atoms with E-state index in [9.17, 15) is 0 Å².